The zero-order chi connectivity index (χ0) is 15.2. The maximum Gasteiger partial charge on any atom is 0.344 e. The summed E-state index contributed by atoms with van der Waals surface area (Å²) in [7, 11) is 0. The van der Waals surface area contributed by atoms with Gasteiger partial charge in [0, 0.05) is 24.5 Å². The molecule has 0 aliphatic rings. The van der Waals surface area contributed by atoms with Crippen molar-refractivity contribution in [2.45, 2.75) is 6.42 Å². The predicted molar refractivity (Wildman–Crippen MR) is 69.2 cm³/mol. The van der Waals surface area contributed by atoms with E-state index in [1.54, 1.807) is 0 Å². The molecule has 0 unspecified atom stereocenters. The Morgan fingerprint density at radius 1 is 0.810 bits per heavy atom. The lowest BCUT2D eigenvalue weighted by Gasteiger charge is -2.06. The number of carbonyl (C=O) groups is 2. The summed E-state index contributed by atoms with van der Waals surface area (Å²) >= 11 is 0. The van der Waals surface area contributed by atoms with Gasteiger partial charge in [-0.2, -0.15) is 0 Å². The first-order chi connectivity index (χ1) is 10.1. The molecule has 0 aliphatic carbocycles. The number of pyridine rings is 2. The van der Waals surface area contributed by atoms with Crippen LogP contribution in [0.5, 0.6) is 0 Å². The van der Waals surface area contributed by atoms with Gasteiger partial charge in [0.25, 0.3) is 11.1 Å². The monoisotopic (exact) mass is 290 g/mol. The summed E-state index contributed by atoms with van der Waals surface area (Å²) in [5, 5.41) is 0. The summed E-state index contributed by atoms with van der Waals surface area (Å²) in [6.45, 7) is 0. The van der Waals surface area contributed by atoms with E-state index in [9.17, 15) is 19.2 Å². The molecule has 0 aromatic carbocycles. The molecule has 2 aromatic rings. The van der Waals surface area contributed by atoms with Crippen LogP contribution < -0.4 is 20.8 Å². The molecular weight excluding hydrogens is 280 g/mol. The molecule has 0 fully saturated rings. The maximum atomic E-state index is 11.5. The number of rotatable bonds is 4. The van der Waals surface area contributed by atoms with Crippen molar-refractivity contribution in [1.82, 2.24) is 9.46 Å². The lowest BCUT2D eigenvalue weighted by atomic mass is 10.4. The maximum absolute atomic E-state index is 11.5. The zero-order valence-electron chi connectivity index (χ0n) is 10.7. The lowest BCUT2D eigenvalue weighted by molar-refractivity contribution is -0.155. The van der Waals surface area contributed by atoms with Crippen LogP contribution in [-0.2, 0) is 9.59 Å². The van der Waals surface area contributed by atoms with Gasteiger partial charge in [-0.1, -0.05) is 12.1 Å². The normalized spacial score (nSPS) is 9.90. The highest BCUT2D eigenvalue weighted by molar-refractivity contribution is 5.91. The van der Waals surface area contributed by atoms with Gasteiger partial charge in [0.2, 0.25) is 0 Å². The van der Waals surface area contributed by atoms with E-state index in [2.05, 4.69) is 9.68 Å². The largest absolute Gasteiger partial charge is 0.344 e. The van der Waals surface area contributed by atoms with Crippen LogP contribution in [0.1, 0.15) is 6.42 Å². The minimum absolute atomic E-state index is 0.557. The summed E-state index contributed by atoms with van der Waals surface area (Å²) in [4.78, 5) is 54.9. The first kappa shape index (κ1) is 14.3. The van der Waals surface area contributed by atoms with Crippen molar-refractivity contribution in [3.05, 3.63) is 69.5 Å². The molecule has 0 N–H and O–H groups in total. The lowest BCUT2D eigenvalue weighted by Crippen LogP contribution is -2.34. The molecule has 2 heterocycles. The van der Waals surface area contributed by atoms with Crippen LogP contribution in [0.2, 0.25) is 0 Å². The molecule has 0 bridgehead atoms. The van der Waals surface area contributed by atoms with Crippen molar-refractivity contribution < 1.29 is 19.3 Å². The van der Waals surface area contributed by atoms with Crippen LogP contribution in [0.25, 0.3) is 0 Å². The Morgan fingerprint density at radius 2 is 1.24 bits per heavy atom. The molecule has 0 aliphatic heterocycles. The van der Waals surface area contributed by atoms with E-state index < -0.39 is 29.5 Å². The topological polar surface area (TPSA) is 96.6 Å². The Morgan fingerprint density at radius 3 is 1.62 bits per heavy atom. The van der Waals surface area contributed by atoms with Crippen molar-refractivity contribution in [2.75, 3.05) is 0 Å². The Balaban J connectivity index is 1.96. The Kier molecular flexibility index (Phi) is 4.30. The average Bonchev–Trinajstić information content (AvgIpc) is 2.44. The molecule has 8 nitrogen and oxygen atoms in total. The summed E-state index contributed by atoms with van der Waals surface area (Å²) in [5.41, 5.74) is -1.11. The van der Waals surface area contributed by atoms with Crippen molar-refractivity contribution in [2.24, 2.45) is 0 Å². The van der Waals surface area contributed by atoms with E-state index in [0.717, 1.165) is 0 Å². The first-order valence-corrected chi connectivity index (χ1v) is 5.84. The van der Waals surface area contributed by atoms with Gasteiger partial charge >= 0.3 is 11.9 Å². The van der Waals surface area contributed by atoms with E-state index in [0.29, 0.717) is 9.46 Å². The average molecular weight is 290 g/mol. The van der Waals surface area contributed by atoms with Crippen molar-refractivity contribution in [3.63, 3.8) is 0 Å². The van der Waals surface area contributed by atoms with Crippen LogP contribution in [-0.4, -0.2) is 21.4 Å². The van der Waals surface area contributed by atoms with E-state index in [-0.39, 0.29) is 0 Å². The number of hydrogen-bond donors (Lipinski definition) is 0. The molecule has 0 spiro atoms. The van der Waals surface area contributed by atoms with Gasteiger partial charge in [-0.05, 0) is 12.1 Å². The Labute approximate surface area is 117 Å². The number of aromatic nitrogens is 2. The van der Waals surface area contributed by atoms with Gasteiger partial charge in [0.1, 0.15) is 6.42 Å². The van der Waals surface area contributed by atoms with Crippen molar-refractivity contribution in [3.8, 4) is 0 Å². The summed E-state index contributed by atoms with van der Waals surface area (Å²) in [5.74, 6) is -1.98. The Bertz CT molecular complexity index is 711. The molecule has 108 valence electrons. The second-order valence-electron chi connectivity index (χ2n) is 3.83. The van der Waals surface area contributed by atoms with Crippen LogP contribution in [0, 0.1) is 0 Å². The predicted octanol–water partition coefficient (Wildman–Crippen LogP) is -0.989. The summed E-state index contributed by atoms with van der Waals surface area (Å²) in [6, 6.07) is 8.29. The van der Waals surface area contributed by atoms with E-state index in [1.165, 1.54) is 48.8 Å². The Hall–Kier alpha value is -3.16. The fourth-order valence-electron chi connectivity index (χ4n) is 1.38. The molecule has 0 amide bonds. The molecule has 8 heteroatoms. The van der Waals surface area contributed by atoms with Gasteiger partial charge in [-0.25, -0.2) is 9.59 Å². The molecule has 0 radical (unpaired) electrons. The third-order valence-electron chi connectivity index (χ3n) is 2.27. The standard InChI is InChI=1S/C13H10N2O6/c16-10-5-1-3-7-14(10)20-12(18)9-13(19)21-15-8-4-2-6-11(15)17/h1-8H,9H2. The second kappa shape index (κ2) is 6.33. The van der Waals surface area contributed by atoms with Crippen molar-refractivity contribution in [1.29, 1.82) is 0 Å². The third kappa shape index (κ3) is 3.90. The van der Waals surface area contributed by atoms with Gasteiger partial charge in [0.05, 0.1) is 0 Å². The highest BCUT2D eigenvalue weighted by Crippen LogP contribution is 1.87. The fraction of sp³-hybridized carbons (Fsp3) is 0.0769. The van der Waals surface area contributed by atoms with Gasteiger partial charge in [0.15, 0.2) is 0 Å². The third-order valence-corrected chi connectivity index (χ3v) is 2.27. The fourth-order valence-corrected chi connectivity index (χ4v) is 1.38. The minimum Gasteiger partial charge on any atom is -0.333 e. The highest BCUT2D eigenvalue weighted by atomic mass is 16.7. The SMILES string of the molecule is O=C(CC(=O)On1ccccc1=O)On1ccccc1=O. The van der Waals surface area contributed by atoms with Crippen LogP contribution in [0.4, 0.5) is 0 Å². The van der Waals surface area contributed by atoms with Crippen molar-refractivity contribution >= 4 is 11.9 Å². The minimum atomic E-state index is -0.989. The molecule has 21 heavy (non-hydrogen) atoms. The number of carbonyl (C=O) groups excluding carboxylic acids is 2. The summed E-state index contributed by atoms with van der Waals surface area (Å²) < 4.78 is 1.37. The van der Waals surface area contributed by atoms with Gasteiger partial charge < -0.3 is 9.68 Å². The van der Waals surface area contributed by atoms with Crippen LogP contribution in [0.15, 0.2) is 58.4 Å². The smallest absolute Gasteiger partial charge is 0.333 e. The van der Waals surface area contributed by atoms with Gasteiger partial charge in [-0.3, -0.25) is 9.59 Å². The quantitative estimate of drug-likeness (QED) is 0.671. The highest BCUT2D eigenvalue weighted by Gasteiger charge is 2.15. The summed E-state index contributed by atoms with van der Waals surface area (Å²) in [6.07, 6.45) is 1.71. The molecule has 2 aromatic heterocycles. The zero-order valence-corrected chi connectivity index (χ0v) is 10.7. The number of hydrogen-bond acceptors (Lipinski definition) is 6. The number of nitrogens with zero attached hydrogens (tertiary/aromatic N) is 2. The van der Waals surface area contributed by atoms with Gasteiger partial charge in [-0.15, -0.1) is 9.46 Å². The molecule has 0 atom stereocenters. The van der Waals surface area contributed by atoms with Crippen LogP contribution in [0.3, 0.4) is 0 Å². The van der Waals surface area contributed by atoms with E-state index in [1.807, 2.05) is 0 Å². The second-order valence-corrected chi connectivity index (χ2v) is 3.83. The van der Waals surface area contributed by atoms with Crippen LogP contribution >= 0.6 is 0 Å². The molecule has 0 saturated heterocycles. The molecule has 2 rings (SSSR count). The molecular formula is C13H10N2O6. The van der Waals surface area contributed by atoms with E-state index in [4.69, 9.17) is 0 Å². The molecule has 0 saturated carbocycles. The van der Waals surface area contributed by atoms with E-state index >= 15 is 0 Å². The first-order valence-electron chi connectivity index (χ1n) is 5.84.